The zero-order valence-corrected chi connectivity index (χ0v) is 8.77. The first-order valence-electron chi connectivity index (χ1n) is 4.51. The fourth-order valence-corrected chi connectivity index (χ4v) is 1.04. The molecule has 3 heteroatoms. The second-order valence-electron chi connectivity index (χ2n) is 3.24. The summed E-state index contributed by atoms with van der Waals surface area (Å²) < 4.78 is 0. The van der Waals surface area contributed by atoms with E-state index < -0.39 is 0 Å². The lowest BCUT2D eigenvalue weighted by molar-refractivity contribution is -0.123. The molecule has 0 aromatic heterocycles. The molecule has 0 heterocycles. The van der Waals surface area contributed by atoms with E-state index in [1.165, 1.54) is 11.0 Å². The summed E-state index contributed by atoms with van der Waals surface area (Å²) in [6.45, 7) is 6.95. The molecule has 0 bridgehead atoms. The van der Waals surface area contributed by atoms with E-state index in [4.69, 9.17) is 6.57 Å². The molecule has 1 aromatic rings. The Labute approximate surface area is 89.5 Å². The van der Waals surface area contributed by atoms with Crippen LogP contribution in [0.3, 0.4) is 0 Å². The molecule has 1 amide bonds. The molecule has 0 unspecified atom stereocenters. The molecule has 15 heavy (non-hydrogen) atoms. The number of hydrogen-bond donors (Lipinski definition) is 0. The van der Waals surface area contributed by atoms with Crippen molar-refractivity contribution in [3.05, 3.63) is 47.3 Å². The van der Waals surface area contributed by atoms with Crippen LogP contribution < -0.4 is 0 Å². The SMILES string of the molecule is [C-]#[N+]c1ccccc1C=CC(=O)N(C)C. The predicted molar refractivity (Wildman–Crippen MR) is 60.4 cm³/mol. The predicted octanol–water partition coefficient (Wildman–Crippen LogP) is 2.34. The summed E-state index contributed by atoms with van der Waals surface area (Å²) in [6.07, 6.45) is 3.12. The highest BCUT2D eigenvalue weighted by Crippen LogP contribution is 2.19. The number of amides is 1. The third-order valence-corrected chi connectivity index (χ3v) is 1.90. The number of likely N-dealkylation sites (N-methyl/N-ethyl adjacent to an activating group) is 1. The minimum Gasteiger partial charge on any atom is -0.345 e. The van der Waals surface area contributed by atoms with Gasteiger partial charge in [0.25, 0.3) is 0 Å². The Hall–Kier alpha value is -2.08. The van der Waals surface area contributed by atoms with Gasteiger partial charge in [-0.2, -0.15) is 0 Å². The van der Waals surface area contributed by atoms with Crippen LogP contribution in [0.5, 0.6) is 0 Å². The number of carbonyl (C=O) groups is 1. The van der Waals surface area contributed by atoms with E-state index in [0.717, 1.165) is 5.56 Å². The van der Waals surface area contributed by atoms with Crippen LogP contribution >= 0.6 is 0 Å². The molecule has 3 nitrogen and oxygen atoms in total. The Morgan fingerprint density at radius 2 is 2.07 bits per heavy atom. The van der Waals surface area contributed by atoms with Gasteiger partial charge in [0.2, 0.25) is 5.91 Å². The molecule has 0 saturated carbocycles. The Morgan fingerprint density at radius 1 is 1.40 bits per heavy atom. The topological polar surface area (TPSA) is 24.7 Å². The van der Waals surface area contributed by atoms with E-state index in [0.29, 0.717) is 5.69 Å². The summed E-state index contributed by atoms with van der Waals surface area (Å²) in [6, 6.07) is 7.19. The van der Waals surface area contributed by atoms with Crippen molar-refractivity contribution in [1.29, 1.82) is 0 Å². The Bertz CT molecular complexity index is 427. The van der Waals surface area contributed by atoms with Gasteiger partial charge in [-0.05, 0) is 5.56 Å². The monoisotopic (exact) mass is 200 g/mol. The number of benzene rings is 1. The van der Waals surface area contributed by atoms with E-state index in [9.17, 15) is 4.79 Å². The van der Waals surface area contributed by atoms with Crippen molar-refractivity contribution in [3.8, 4) is 0 Å². The zero-order chi connectivity index (χ0) is 11.3. The van der Waals surface area contributed by atoms with Crippen LogP contribution in [-0.4, -0.2) is 24.9 Å². The van der Waals surface area contributed by atoms with Crippen molar-refractivity contribution < 1.29 is 4.79 Å². The maximum Gasteiger partial charge on any atom is 0.246 e. The first kappa shape index (κ1) is 11.0. The Balaban J connectivity index is 2.90. The smallest absolute Gasteiger partial charge is 0.246 e. The number of hydrogen-bond acceptors (Lipinski definition) is 1. The van der Waals surface area contributed by atoms with E-state index in [-0.39, 0.29) is 5.91 Å². The molecule has 0 aliphatic rings. The van der Waals surface area contributed by atoms with Crippen molar-refractivity contribution in [2.75, 3.05) is 14.1 Å². The molecule has 0 spiro atoms. The first-order chi connectivity index (χ1) is 7.15. The largest absolute Gasteiger partial charge is 0.345 e. The molecule has 0 fully saturated rings. The summed E-state index contributed by atoms with van der Waals surface area (Å²) in [7, 11) is 3.38. The van der Waals surface area contributed by atoms with Gasteiger partial charge in [-0.3, -0.25) is 4.79 Å². The van der Waals surface area contributed by atoms with Crippen LogP contribution in [0.25, 0.3) is 10.9 Å². The number of nitrogens with zero attached hydrogens (tertiary/aromatic N) is 2. The molecule has 0 aliphatic heterocycles. The summed E-state index contributed by atoms with van der Waals surface area (Å²) in [5, 5.41) is 0. The van der Waals surface area contributed by atoms with Gasteiger partial charge >= 0.3 is 0 Å². The van der Waals surface area contributed by atoms with Gasteiger partial charge in [0.05, 0.1) is 6.57 Å². The highest BCUT2D eigenvalue weighted by molar-refractivity contribution is 5.92. The summed E-state index contributed by atoms with van der Waals surface area (Å²) in [4.78, 5) is 16.1. The van der Waals surface area contributed by atoms with Crippen LogP contribution in [-0.2, 0) is 4.79 Å². The van der Waals surface area contributed by atoms with Gasteiger partial charge in [0, 0.05) is 20.2 Å². The first-order valence-corrected chi connectivity index (χ1v) is 4.51. The van der Waals surface area contributed by atoms with Crippen LogP contribution in [0.15, 0.2) is 30.3 Å². The lowest BCUT2D eigenvalue weighted by Crippen LogP contribution is -2.18. The molecular weight excluding hydrogens is 188 g/mol. The maximum absolute atomic E-state index is 11.3. The molecule has 0 aliphatic carbocycles. The molecule has 1 rings (SSSR count). The minimum atomic E-state index is -0.0882. The van der Waals surface area contributed by atoms with Gasteiger partial charge in [-0.1, -0.05) is 30.3 Å². The summed E-state index contributed by atoms with van der Waals surface area (Å²) in [5.74, 6) is -0.0882. The average molecular weight is 200 g/mol. The standard InChI is InChI=1S/C12H12N2O/c1-13-11-7-5-4-6-10(11)8-9-12(15)14(2)3/h4-9H,2-3H3. The lowest BCUT2D eigenvalue weighted by atomic mass is 10.1. The minimum absolute atomic E-state index is 0.0882. The van der Waals surface area contributed by atoms with Crippen LogP contribution in [0.4, 0.5) is 5.69 Å². The molecule has 0 saturated heterocycles. The van der Waals surface area contributed by atoms with Crippen LogP contribution in [0, 0.1) is 6.57 Å². The summed E-state index contributed by atoms with van der Waals surface area (Å²) in [5.41, 5.74) is 1.32. The number of rotatable bonds is 2. The average Bonchev–Trinajstić information content (AvgIpc) is 2.26. The number of carbonyl (C=O) groups excluding carboxylic acids is 1. The fourth-order valence-electron chi connectivity index (χ4n) is 1.04. The highest BCUT2D eigenvalue weighted by Gasteiger charge is 1.99. The van der Waals surface area contributed by atoms with Crippen LogP contribution in [0.2, 0.25) is 0 Å². The quantitative estimate of drug-likeness (QED) is 0.531. The van der Waals surface area contributed by atoms with Crippen molar-refractivity contribution in [3.63, 3.8) is 0 Å². The Morgan fingerprint density at radius 3 is 2.67 bits per heavy atom. The van der Waals surface area contributed by atoms with Gasteiger partial charge in [0.15, 0.2) is 5.69 Å². The van der Waals surface area contributed by atoms with E-state index in [2.05, 4.69) is 4.85 Å². The molecule has 76 valence electrons. The molecule has 0 radical (unpaired) electrons. The van der Waals surface area contributed by atoms with Crippen molar-refractivity contribution >= 4 is 17.7 Å². The normalized spacial score (nSPS) is 9.93. The molecule has 0 N–H and O–H groups in total. The Kier molecular flexibility index (Phi) is 3.64. The van der Waals surface area contributed by atoms with Crippen LogP contribution in [0.1, 0.15) is 5.56 Å². The molecule has 0 atom stereocenters. The van der Waals surface area contributed by atoms with Gasteiger partial charge in [0.1, 0.15) is 0 Å². The third-order valence-electron chi connectivity index (χ3n) is 1.90. The zero-order valence-electron chi connectivity index (χ0n) is 8.77. The molecular formula is C12H12N2O. The second kappa shape index (κ2) is 4.97. The van der Waals surface area contributed by atoms with E-state index in [1.54, 1.807) is 32.3 Å². The van der Waals surface area contributed by atoms with E-state index in [1.807, 2.05) is 12.1 Å². The highest BCUT2D eigenvalue weighted by atomic mass is 16.2. The molecule has 1 aromatic carbocycles. The van der Waals surface area contributed by atoms with Gasteiger partial charge in [-0.15, -0.1) is 0 Å². The van der Waals surface area contributed by atoms with Gasteiger partial charge in [-0.25, -0.2) is 4.85 Å². The van der Waals surface area contributed by atoms with E-state index >= 15 is 0 Å². The van der Waals surface area contributed by atoms with Crippen molar-refractivity contribution in [2.24, 2.45) is 0 Å². The second-order valence-corrected chi connectivity index (χ2v) is 3.24. The maximum atomic E-state index is 11.3. The fraction of sp³-hybridized carbons (Fsp3) is 0.167. The van der Waals surface area contributed by atoms with Crippen molar-refractivity contribution in [1.82, 2.24) is 4.90 Å². The third kappa shape index (κ3) is 2.96. The van der Waals surface area contributed by atoms with Crippen molar-refractivity contribution in [2.45, 2.75) is 0 Å². The lowest BCUT2D eigenvalue weighted by Gasteiger charge is -2.05. The van der Waals surface area contributed by atoms with Gasteiger partial charge < -0.3 is 4.90 Å². The number of para-hydroxylation sites is 1. The summed E-state index contributed by atoms with van der Waals surface area (Å²) >= 11 is 0.